The fourth-order valence-electron chi connectivity index (χ4n) is 3.56. The molecule has 2 aromatic rings. The summed E-state index contributed by atoms with van der Waals surface area (Å²) in [6, 6.07) is 18.2. The molecule has 27 heavy (non-hydrogen) atoms. The van der Waals surface area contributed by atoms with Crippen LogP contribution in [0.3, 0.4) is 0 Å². The molecule has 0 amide bonds. The molecule has 2 aromatic carbocycles. The van der Waals surface area contributed by atoms with Gasteiger partial charge in [-0.25, -0.2) is 0 Å². The lowest BCUT2D eigenvalue weighted by atomic mass is 9.99. The molecule has 0 saturated carbocycles. The third-order valence-corrected chi connectivity index (χ3v) is 5.32. The number of nitrogens with one attached hydrogen (secondary N) is 1. The van der Waals surface area contributed by atoms with Gasteiger partial charge in [0.2, 0.25) is 0 Å². The lowest BCUT2D eigenvalue weighted by Gasteiger charge is -2.08. The largest absolute Gasteiger partial charge is 0.313 e. The van der Waals surface area contributed by atoms with Gasteiger partial charge in [0.05, 0.1) is 0 Å². The Morgan fingerprint density at radius 2 is 1.33 bits per heavy atom. The van der Waals surface area contributed by atoms with E-state index in [1.165, 1.54) is 86.5 Å². The molecule has 0 bridgehead atoms. The zero-order valence-corrected chi connectivity index (χ0v) is 17.6. The van der Waals surface area contributed by atoms with Crippen LogP contribution in [0.15, 0.2) is 48.5 Å². The first kappa shape index (κ1) is 21.7. The van der Waals surface area contributed by atoms with Crippen molar-refractivity contribution in [1.29, 1.82) is 0 Å². The van der Waals surface area contributed by atoms with Crippen LogP contribution in [0, 0.1) is 0 Å². The zero-order chi connectivity index (χ0) is 19.2. The van der Waals surface area contributed by atoms with E-state index in [9.17, 15) is 0 Å². The van der Waals surface area contributed by atoms with Gasteiger partial charge in [-0.3, -0.25) is 0 Å². The van der Waals surface area contributed by atoms with E-state index in [1.54, 1.807) is 0 Å². The smallest absolute Gasteiger partial charge is 0.0205 e. The highest BCUT2D eigenvalue weighted by molar-refractivity contribution is 5.64. The molecule has 0 aliphatic heterocycles. The Hall–Kier alpha value is -1.60. The number of rotatable bonds is 14. The van der Waals surface area contributed by atoms with E-state index in [1.807, 2.05) is 0 Å². The molecule has 0 spiro atoms. The molecule has 0 heterocycles. The summed E-state index contributed by atoms with van der Waals surface area (Å²) in [7, 11) is 0. The van der Waals surface area contributed by atoms with Crippen LogP contribution in [0.4, 0.5) is 0 Å². The Kier molecular flexibility index (Phi) is 10.9. The van der Waals surface area contributed by atoms with Crippen LogP contribution >= 0.6 is 0 Å². The predicted octanol–water partition coefficient (Wildman–Crippen LogP) is 7.54. The van der Waals surface area contributed by atoms with E-state index in [2.05, 4.69) is 67.7 Å². The van der Waals surface area contributed by atoms with Gasteiger partial charge in [0.1, 0.15) is 0 Å². The Morgan fingerprint density at radius 3 is 2.11 bits per heavy atom. The second kappa shape index (κ2) is 13.6. The Labute approximate surface area is 167 Å². The quantitative estimate of drug-likeness (QED) is 0.341. The maximum Gasteiger partial charge on any atom is 0.0205 e. The van der Waals surface area contributed by atoms with Crippen molar-refractivity contribution in [2.24, 2.45) is 0 Å². The third kappa shape index (κ3) is 8.75. The summed E-state index contributed by atoms with van der Waals surface area (Å²) in [6.45, 7) is 6.63. The van der Waals surface area contributed by atoms with Crippen molar-refractivity contribution in [3.05, 3.63) is 59.7 Å². The summed E-state index contributed by atoms with van der Waals surface area (Å²) in [5.74, 6) is 0. The van der Waals surface area contributed by atoms with Gasteiger partial charge in [0.25, 0.3) is 0 Å². The maximum atomic E-state index is 3.55. The SMILES string of the molecule is CCCCCCCCc1cccc(-c2ccc(CNCCCCC)cc2)c1. The maximum absolute atomic E-state index is 3.55. The standard InChI is InChI=1S/C26H39N/c1-3-5-7-8-9-10-13-23-14-12-15-26(21-23)25-18-16-24(17-19-25)22-27-20-11-6-4-2/h12,14-19,21,27H,3-11,13,20,22H2,1-2H3. The van der Waals surface area contributed by atoms with Gasteiger partial charge in [-0.15, -0.1) is 0 Å². The van der Waals surface area contributed by atoms with Crippen LogP contribution in [0.1, 0.15) is 82.8 Å². The Balaban J connectivity index is 1.79. The first-order valence-electron chi connectivity index (χ1n) is 11.2. The monoisotopic (exact) mass is 365 g/mol. The van der Waals surface area contributed by atoms with Gasteiger partial charge in [-0.1, -0.05) is 107 Å². The van der Waals surface area contributed by atoms with Gasteiger partial charge < -0.3 is 5.32 Å². The summed E-state index contributed by atoms with van der Waals surface area (Å²) in [4.78, 5) is 0. The van der Waals surface area contributed by atoms with E-state index in [4.69, 9.17) is 0 Å². The minimum atomic E-state index is 0.974. The van der Waals surface area contributed by atoms with Crippen LogP contribution in [0.25, 0.3) is 11.1 Å². The highest BCUT2D eigenvalue weighted by Crippen LogP contribution is 2.22. The van der Waals surface area contributed by atoms with Crippen LogP contribution < -0.4 is 5.32 Å². The van der Waals surface area contributed by atoms with Crippen molar-refractivity contribution in [3.8, 4) is 11.1 Å². The molecule has 0 saturated heterocycles. The number of aryl methyl sites for hydroxylation is 1. The van der Waals surface area contributed by atoms with E-state index in [-0.39, 0.29) is 0 Å². The average Bonchev–Trinajstić information content (AvgIpc) is 2.71. The van der Waals surface area contributed by atoms with Gasteiger partial charge >= 0.3 is 0 Å². The molecule has 148 valence electrons. The summed E-state index contributed by atoms with van der Waals surface area (Å²) < 4.78 is 0. The number of unbranched alkanes of at least 4 members (excludes halogenated alkanes) is 7. The van der Waals surface area contributed by atoms with E-state index in [0.29, 0.717) is 0 Å². The fraction of sp³-hybridized carbons (Fsp3) is 0.538. The van der Waals surface area contributed by atoms with E-state index in [0.717, 1.165) is 13.1 Å². The van der Waals surface area contributed by atoms with Crippen LogP contribution in [0.5, 0.6) is 0 Å². The lowest BCUT2D eigenvalue weighted by molar-refractivity contribution is 0.607. The summed E-state index contributed by atoms with van der Waals surface area (Å²) in [5, 5.41) is 3.55. The van der Waals surface area contributed by atoms with E-state index < -0.39 is 0 Å². The van der Waals surface area contributed by atoms with Crippen molar-refractivity contribution in [2.75, 3.05) is 6.54 Å². The molecule has 0 atom stereocenters. The Morgan fingerprint density at radius 1 is 0.630 bits per heavy atom. The minimum absolute atomic E-state index is 0.974. The van der Waals surface area contributed by atoms with Crippen molar-refractivity contribution < 1.29 is 0 Å². The molecule has 1 N–H and O–H groups in total. The van der Waals surface area contributed by atoms with E-state index >= 15 is 0 Å². The molecule has 0 radical (unpaired) electrons. The molecule has 0 aliphatic rings. The zero-order valence-electron chi connectivity index (χ0n) is 17.6. The molecule has 1 heteroatoms. The molecular weight excluding hydrogens is 326 g/mol. The minimum Gasteiger partial charge on any atom is -0.313 e. The van der Waals surface area contributed by atoms with Gasteiger partial charge in [-0.05, 0) is 48.1 Å². The molecule has 0 unspecified atom stereocenters. The highest BCUT2D eigenvalue weighted by atomic mass is 14.8. The van der Waals surface area contributed by atoms with Crippen LogP contribution in [-0.4, -0.2) is 6.54 Å². The van der Waals surface area contributed by atoms with Crippen molar-refractivity contribution in [1.82, 2.24) is 5.32 Å². The third-order valence-electron chi connectivity index (χ3n) is 5.32. The molecular formula is C26H39N. The molecule has 0 aliphatic carbocycles. The fourth-order valence-corrected chi connectivity index (χ4v) is 3.56. The number of benzene rings is 2. The summed E-state index contributed by atoms with van der Waals surface area (Å²) >= 11 is 0. The lowest BCUT2D eigenvalue weighted by Crippen LogP contribution is -2.14. The molecule has 0 fully saturated rings. The van der Waals surface area contributed by atoms with Gasteiger partial charge in [-0.2, -0.15) is 0 Å². The van der Waals surface area contributed by atoms with Crippen LogP contribution in [0.2, 0.25) is 0 Å². The first-order valence-corrected chi connectivity index (χ1v) is 11.2. The Bertz CT molecular complexity index is 614. The molecule has 2 rings (SSSR count). The van der Waals surface area contributed by atoms with Crippen molar-refractivity contribution in [3.63, 3.8) is 0 Å². The first-order chi connectivity index (χ1) is 13.3. The number of hydrogen-bond acceptors (Lipinski definition) is 1. The second-order valence-electron chi connectivity index (χ2n) is 7.80. The van der Waals surface area contributed by atoms with Crippen molar-refractivity contribution >= 4 is 0 Å². The van der Waals surface area contributed by atoms with Gasteiger partial charge in [0.15, 0.2) is 0 Å². The highest BCUT2D eigenvalue weighted by Gasteiger charge is 2.01. The topological polar surface area (TPSA) is 12.0 Å². The number of hydrogen-bond donors (Lipinski definition) is 1. The normalized spacial score (nSPS) is 11.0. The van der Waals surface area contributed by atoms with Crippen LogP contribution in [-0.2, 0) is 13.0 Å². The molecule has 0 aromatic heterocycles. The average molecular weight is 366 g/mol. The van der Waals surface area contributed by atoms with Gasteiger partial charge in [0, 0.05) is 6.54 Å². The summed E-state index contributed by atoms with van der Waals surface area (Å²) in [5.41, 5.74) is 5.53. The summed E-state index contributed by atoms with van der Waals surface area (Å²) in [6.07, 6.45) is 13.3. The predicted molar refractivity (Wildman–Crippen MR) is 120 cm³/mol. The molecule has 1 nitrogen and oxygen atoms in total. The second-order valence-corrected chi connectivity index (χ2v) is 7.80. The van der Waals surface area contributed by atoms with Crippen molar-refractivity contribution in [2.45, 2.75) is 84.6 Å².